The van der Waals surface area contributed by atoms with E-state index in [2.05, 4.69) is 9.80 Å². The number of piperidine rings is 1. The number of anilines is 1. The number of benzene rings is 1. The number of rotatable bonds is 3. The van der Waals surface area contributed by atoms with Crippen molar-refractivity contribution in [1.29, 1.82) is 5.26 Å². The van der Waals surface area contributed by atoms with Crippen LogP contribution in [-0.4, -0.2) is 50.8 Å². The summed E-state index contributed by atoms with van der Waals surface area (Å²) < 4.78 is 19.2. The zero-order valence-electron chi connectivity index (χ0n) is 12.8. The Morgan fingerprint density at radius 1 is 1.27 bits per heavy atom. The van der Waals surface area contributed by atoms with Crippen molar-refractivity contribution in [2.24, 2.45) is 5.92 Å². The summed E-state index contributed by atoms with van der Waals surface area (Å²) in [6.45, 7) is 6.50. The molecule has 0 radical (unpaired) electrons. The lowest BCUT2D eigenvalue weighted by Gasteiger charge is -2.38. The van der Waals surface area contributed by atoms with Gasteiger partial charge in [-0.3, -0.25) is 4.90 Å². The Morgan fingerprint density at radius 2 is 2.09 bits per heavy atom. The second-order valence-corrected chi connectivity index (χ2v) is 6.11. The second-order valence-electron chi connectivity index (χ2n) is 6.11. The first-order valence-electron chi connectivity index (χ1n) is 8.01. The lowest BCUT2D eigenvalue weighted by molar-refractivity contribution is 0.0296. The first-order chi connectivity index (χ1) is 10.8. The molecular formula is C17H22FN3O. The molecule has 3 rings (SSSR count). The largest absolute Gasteiger partial charge is 0.379 e. The maximum atomic E-state index is 13.8. The molecule has 4 nitrogen and oxygen atoms in total. The van der Waals surface area contributed by atoms with E-state index in [0.29, 0.717) is 5.92 Å². The third-order valence-corrected chi connectivity index (χ3v) is 4.58. The van der Waals surface area contributed by atoms with Crippen LogP contribution in [0.1, 0.15) is 18.4 Å². The van der Waals surface area contributed by atoms with E-state index in [-0.39, 0.29) is 5.56 Å². The maximum Gasteiger partial charge on any atom is 0.143 e. The number of nitriles is 1. The van der Waals surface area contributed by atoms with Gasteiger partial charge in [0, 0.05) is 32.7 Å². The molecular weight excluding hydrogens is 281 g/mol. The third kappa shape index (κ3) is 3.40. The fraction of sp³-hybridized carbons (Fsp3) is 0.588. The fourth-order valence-corrected chi connectivity index (χ4v) is 3.47. The van der Waals surface area contributed by atoms with Crippen LogP contribution in [-0.2, 0) is 4.74 Å². The highest BCUT2D eigenvalue weighted by molar-refractivity contribution is 5.60. The Hall–Kier alpha value is -1.64. The SMILES string of the molecule is N#Cc1c(F)cccc1N1CCC[C@@H](CN2CCOCC2)C1. The summed E-state index contributed by atoms with van der Waals surface area (Å²) in [6, 6.07) is 6.92. The van der Waals surface area contributed by atoms with E-state index in [4.69, 9.17) is 4.74 Å². The Bertz CT molecular complexity index is 551. The van der Waals surface area contributed by atoms with Crippen LogP contribution in [0.5, 0.6) is 0 Å². The molecule has 0 aliphatic carbocycles. The van der Waals surface area contributed by atoms with Crippen LogP contribution in [0.3, 0.4) is 0 Å². The predicted octanol–water partition coefficient (Wildman–Crippen LogP) is 2.25. The highest BCUT2D eigenvalue weighted by atomic mass is 19.1. The van der Waals surface area contributed by atoms with Crippen molar-refractivity contribution in [2.75, 3.05) is 50.8 Å². The molecule has 1 atom stereocenters. The lowest BCUT2D eigenvalue weighted by Crippen LogP contribution is -2.44. The van der Waals surface area contributed by atoms with Crippen molar-refractivity contribution < 1.29 is 9.13 Å². The van der Waals surface area contributed by atoms with Gasteiger partial charge in [-0.25, -0.2) is 4.39 Å². The average Bonchev–Trinajstić information content (AvgIpc) is 2.56. The van der Waals surface area contributed by atoms with Crippen LogP contribution in [0.15, 0.2) is 18.2 Å². The summed E-state index contributed by atoms with van der Waals surface area (Å²) in [5.74, 6) is 0.150. The number of ether oxygens (including phenoxy) is 1. The van der Waals surface area contributed by atoms with Gasteiger partial charge < -0.3 is 9.64 Å². The Balaban J connectivity index is 1.68. The van der Waals surface area contributed by atoms with E-state index in [1.54, 1.807) is 6.07 Å². The average molecular weight is 303 g/mol. The van der Waals surface area contributed by atoms with Crippen LogP contribution >= 0.6 is 0 Å². The van der Waals surface area contributed by atoms with Gasteiger partial charge in [-0.05, 0) is 30.9 Å². The highest BCUT2D eigenvalue weighted by Crippen LogP contribution is 2.28. The zero-order valence-corrected chi connectivity index (χ0v) is 12.8. The number of hydrogen-bond donors (Lipinski definition) is 0. The second kappa shape index (κ2) is 7.08. The van der Waals surface area contributed by atoms with Crippen molar-refractivity contribution >= 4 is 5.69 Å². The summed E-state index contributed by atoms with van der Waals surface area (Å²) in [7, 11) is 0. The van der Waals surface area contributed by atoms with Crippen molar-refractivity contribution in [3.63, 3.8) is 0 Å². The van der Waals surface area contributed by atoms with Gasteiger partial charge in [0.25, 0.3) is 0 Å². The number of halogens is 1. The molecule has 2 saturated heterocycles. The Morgan fingerprint density at radius 3 is 2.86 bits per heavy atom. The van der Waals surface area contributed by atoms with Gasteiger partial charge in [-0.1, -0.05) is 6.07 Å². The van der Waals surface area contributed by atoms with Gasteiger partial charge in [-0.2, -0.15) is 5.26 Å². The summed E-state index contributed by atoms with van der Waals surface area (Å²) in [6.07, 6.45) is 2.29. The van der Waals surface area contributed by atoms with Gasteiger partial charge in [0.05, 0.1) is 18.9 Å². The molecule has 1 aromatic carbocycles. The lowest BCUT2D eigenvalue weighted by atomic mass is 9.96. The van der Waals surface area contributed by atoms with Crippen LogP contribution in [0.4, 0.5) is 10.1 Å². The Kier molecular flexibility index (Phi) is 4.91. The minimum atomic E-state index is -0.421. The molecule has 0 saturated carbocycles. The molecule has 22 heavy (non-hydrogen) atoms. The topological polar surface area (TPSA) is 39.5 Å². The first kappa shape index (κ1) is 15.3. The van der Waals surface area contributed by atoms with Gasteiger partial charge in [-0.15, -0.1) is 0 Å². The predicted molar refractivity (Wildman–Crippen MR) is 83.3 cm³/mol. The number of nitrogens with zero attached hydrogens (tertiary/aromatic N) is 3. The van der Waals surface area contributed by atoms with E-state index < -0.39 is 5.82 Å². The number of hydrogen-bond acceptors (Lipinski definition) is 4. The van der Waals surface area contributed by atoms with Gasteiger partial charge in [0.2, 0.25) is 0 Å². The van der Waals surface area contributed by atoms with E-state index >= 15 is 0 Å². The highest BCUT2D eigenvalue weighted by Gasteiger charge is 2.25. The monoisotopic (exact) mass is 303 g/mol. The summed E-state index contributed by atoms with van der Waals surface area (Å²) in [4.78, 5) is 4.63. The normalized spacial score (nSPS) is 23.3. The number of morpholine rings is 1. The molecule has 2 heterocycles. The molecule has 0 amide bonds. The van der Waals surface area contributed by atoms with Crippen molar-refractivity contribution in [2.45, 2.75) is 12.8 Å². The van der Waals surface area contributed by atoms with E-state index in [1.165, 1.54) is 12.5 Å². The molecule has 2 aliphatic heterocycles. The summed E-state index contributed by atoms with van der Waals surface area (Å²) in [5, 5.41) is 9.22. The van der Waals surface area contributed by atoms with Crippen molar-refractivity contribution in [3.8, 4) is 6.07 Å². The van der Waals surface area contributed by atoms with Gasteiger partial charge in [0.15, 0.2) is 0 Å². The molecule has 0 N–H and O–H groups in total. The smallest absolute Gasteiger partial charge is 0.143 e. The fourth-order valence-electron chi connectivity index (χ4n) is 3.47. The molecule has 118 valence electrons. The van der Waals surface area contributed by atoms with E-state index in [1.807, 2.05) is 12.1 Å². The first-order valence-corrected chi connectivity index (χ1v) is 8.01. The maximum absolute atomic E-state index is 13.8. The van der Waals surface area contributed by atoms with Crippen molar-refractivity contribution in [3.05, 3.63) is 29.6 Å². The molecule has 1 aromatic rings. The third-order valence-electron chi connectivity index (χ3n) is 4.58. The van der Waals surface area contributed by atoms with Gasteiger partial charge in [0.1, 0.15) is 17.4 Å². The molecule has 0 spiro atoms. The minimum Gasteiger partial charge on any atom is -0.379 e. The molecule has 0 unspecified atom stereocenters. The van der Waals surface area contributed by atoms with Crippen molar-refractivity contribution in [1.82, 2.24) is 4.90 Å². The van der Waals surface area contributed by atoms with Crippen LogP contribution in [0.25, 0.3) is 0 Å². The van der Waals surface area contributed by atoms with Crippen LogP contribution in [0, 0.1) is 23.1 Å². The van der Waals surface area contributed by atoms with E-state index in [0.717, 1.165) is 58.0 Å². The molecule has 2 fully saturated rings. The molecule has 5 heteroatoms. The summed E-state index contributed by atoms with van der Waals surface area (Å²) >= 11 is 0. The Labute approximate surface area is 131 Å². The quantitative estimate of drug-likeness (QED) is 0.858. The standard InChI is InChI=1S/C17H22FN3O/c18-16-4-1-5-17(15(16)11-19)21-6-2-3-14(13-21)12-20-7-9-22-10-8-20/h1,4-5,14H,2-3,6-10,12-13H2/t14-/m0/s1. The van der Waals surface area contributed by atoms with Crippen LogP contribution < -0.4 is 4.90 Å². The van der Waals surface area contributed by atoms with Gasteiger partial charge >= 0.3 is 0 Å². The molecule has 2 aliphatic rings. The zero-order chi connectivity index (χ0) is 15.4. The molecule has 0 aromatic heterocycles. The van der Waals surface area contributed by atoms with E-state index in [9.17, 15) is 9.65 Å². The van der Waals surface area contributed by atoms with Crippen LogP contribution in [0.2, 0.25) is 0 Å². The molecule has 0 bridgehead atoms. The minimum absolute atomic E-state index is 0.175. The summed E-state index contributed by atoms with van der Waals surface area (Å²) in [5.41, 5.74) is 0.920.